The van der Waals surface area contributed by atoms with Crippen molar-refractivity contribution in [3.05, 3.63) is 35.3 Å². The number of nitrogens with zero attached hydrogens (tertiary/aromatic N) is 2. The second-order valence-electron chi connectivity index (χ2n) is 5.74. The second kappa shape index (κ2) is 8.11. The minimum Gasteiger partial charge on any atom is -0.494 e. The Hall–Kier alpha value is -2.41. The van der Waals surface area contributed by atoms with Crippen molar-refractivity contribution >= 4 is 28.3 Å². The number of hydrogen-bond donors (Lipinski definition) is 0. The van der Waals surface area contributed by atoms with Crippen molar-refractivity contribution < 1.29 is 19.1 Å². The van der Waals surface area contributed by atoms with E-state index < -0.39 is 0 Å². The fourth-order valence-corrected chi connectivity index (χ4v) is 3.36. The normalized spacial score (nSPS) is 14.0. The molecule has 2 aromatic rings. The van der Waals surface area contributed by atoms with Crippen LogP contribution in [0.3, 0.4) is 0 Å². The molecular weight excluding hydrogens is 340 g/mol. The van der Waals surface area contributed by atoms with Gasteiger partial charge in [-0.25, -0.2) is 4.98 Å². The van der Waals surface area contributed by atoms with E-state index in [0.717, 1.165) is 18.6 Å². The van der Waals surface area contributed by atoms with E-state index in [1.807, 2.05) is 6.92 Å². The maximum absolute atomic E-state index is 12.1. The molecule has 0 bridgehead atoms. The maximum Gasteiger partial charge on any atom is 0.317 e. The highest BCUT2D eigenvalue weighted by Gasteiger charge is 2.24. The van der Waals surface area contributed by atoms with Crippen LogP contribution in [-0.2, 0) is 16.0 Å². The van der Waals surface area contributed by atoms with Crippen LogP contribution in [-0.4, -0.2) is 30.0 Å². The minimum atomic E-state index is -0.383. The quantitative estimate of drug-likeness (QED) is 0.560. The molecule has 0 aliphatic carbocycles. The number of esters is 1. The SMILES string of the molecule is CCCOc1ccc(OC(=O)Cc2csc(N3CCCC3=O)n2)cc1. The van der Waals surface area contributed by atoms with Crippen LogP contribution in [0.4, 0.5) is 5.13 Å². The standard InChI is InChI=1S/C18H20N2O4S/c1-2-10-23-14-5-7-15(8-6-14)24-17(22)11-13-12-25-18(19-13)20-9-3-4-16(20)21/h5-8,12H,2-4,9-11H2,1H3. The number of rotatable bonds is 7. The summed E-state index contributed by atoms with van der Waals surface area (Å²) in [6, 6.07) is 6.97. The van der Waals surface area contributed by atoms with Gasteiger partial charge in [-0.15, -0.1) is 11.3 Å². The van der Waals surface area contributed by atoms with Crippen molar-refractivity contribution in [2.24, 2.45) is 0 Å². The van der Waals surface area contributed by atoms with Gasteiger partial charge in [0, 0.05) is 18.3 Å². The van der Waals surface area contributed by atoms with Gasteiger partial charge < -0.3 is 9.47 Å². The van der Waals surface area contributed by atoms with Crippen molar-refractivity contribution in [3.8, 4) is 11.5 Å². The summed E-state index contributed by atoms with van der Waals surface area (Å²) in [5.41, 5.74) is 0.618. The molecule has 0 radical (unpaired) electrons. The van der Waals surface area contributed by atoms with Gasteiger partial charge in [-0.05, 0) is 37.1 Å². The molecule has 0 atom stereocenters. The van der Waals surface area contributed by atoms with Crippen LogP contribution in [0, 0.1) is 0 Å². The van der Waals surface area contributed by atoms with Crippen molar-refractivity contribution in [3.63, 3.8) is 0 Å². The van der Waals surface area contributed by atoms with Crippen molar-refractivity contribution in [1.29, 1.82) is 0 Å². The lowest BCUT2D eigenvalue weighted by molar-refractivity contribution is -0.133. The van der Waals surface area contributed by atoms with Gasteiger partial charge >= 0.3 is 5.97 Å². The summed E-state index contributed by atoms with van der Waals surface area (Å²) < 4.78 is 10.8. The van der Waals surface area contributed by atoms with E-state index in [1.165, 1.54) is 11.3 Å². The molecule has 25 heavy (non-hydrogen) atoms. The smallest absolute Gasteiger partial charge is 0.317 e. The predicted octanol–water partition coefficient (Wildman–Crippen LogP) is 3.21. The Labute approximate surface area is 150 Å². The molecule has 1 aliphatic rings. The fraction of sp³-hybridized carbons (Fsp3) is 0.389. The van der Waals surface area contributed by atoms with Gasteiger partial charge in [0.1, 0.15) is 11.5 Å². The number of amides is 1. The summed E-state index contributed by atoms with van der Waals surface area (Å²) in [5, 5.41) is 2.45. The molecule has 1 aromatic heterocycles. The topological polar surface area (TPSA) is 68.7 Å². The molecular formula is C18H20N2O4S. The number of benzene rings is 1. The lowest BCUT2D eigenvalue weighted by Gasteiger charge is -2.10. The zero-order valence-corrected chi connectivity index (χ0v) is 14.9. The lowest BCUT2D eigenvalue weighted by Crippen LogP contribution is -2.23. The average molecular weight is 360 g/mol. The molecule has 1 fully saturated rings. The van der Waals surface area contributed by atoms with Crippen molar-refractivity contribution in [2.45, 2.75) is 32.6 Å². The first-order valence-electron chi connectivity index (χ1n) is 8.34. The van der Waals surface area contributed by atoms with Gasteiger partial charge in [0.2, 0.25) is 5.91 Å². The molecule has 132 valence electrons. The molecule has 0 spiro atoms. The fourth-order valence-electron chi connectivity index (χ4n) is 2.49. The minimum absolute atomic E-state index is 0.0760. The summed E-state index contributed by atoms with van der Waals surface area (Å²) in [6.45, 7) is 3.40. The number of hydrogen-bond acceptors (Lipinski definition) is 6. The first-order chi connectivity index (χ1) is 12.2. The Bertz CT molecular complexity index is 742. The highest BCUT2D eigenvalue weighted by molar-refractivity contribution is 7.14. The largest absolute Gasteiger partial charge is 0.494 e. The summed E-state index contributed by atoms with van der Waals surface area (Å²) >= 11 is 1.38. The molecule has 7 heteroatoms. The van der Waals surface area contributed by atoms with Gasteiger partial charge in [-0.3, -0.25) is 14.5 Å². The lowest BCUT2D eigenvalue weighted by atomic mass is 10.3. The molecule has 3 rings (SSSR count). The Kier molecular flexibility index (Phi) is 5.65. The summed E-state index contributed by atoms with van der Waals surface area (Å²) in [5.74, 6) is 0.931. The molecule has 0 saturated carbocycles. The first kappa shape index (κ1) is 17.4. The van der Waals surface area contributed by atoms with Gasteiger partial charge in [-0.1, -0.05) is 6.92 Å². The van der Waals surface area contributed by atoms with Crippen LogP contribution in [0.1, 0.15) is 31.9 Å². The zero-order chi connectivity index (χ0) is 17.6. The molecule has 1 aliphatic heterocycles. The Balaban J connectivity index is 1.54. The monoisotopic (exact) mass is 360 g/mol. The first-order valence-corrected chi connectivity index (χ1v) is 9.22. The van der Waals surface area contributed by atoms with Gasteiger partial charge in [0.25, 0.3) is 0 Å². The second-order valence-corrected chi connectivity index (χ2v) is 6.58. The van der Waals surface area contributed by atoms with E-state index in [0.29, 0.717) is 36.1 Å². The van der Waals surface area contributed by atoms with Crippen LogP contribution < -0.4 is 14.4 Å². The highest BCUT2D eigenvalue weighted by Crippen LogP contribution is 2.25. The van der Waals surface area contributed by atoms with E-state index in [2.05, 4.69) is 4.98 Å². The molecule has 0 unspecified atom stereocenters. The van der Waals surface area contributed by atoms with Crippen LogP contribution in [0.25, 0.3) is 0 Å². The van der Waals surface area contributed by atoms with E-state index in [-0.39, 0.29) is 18.3 Å². The van der Waals surface area contributed by atoms with E-state index >= 15 is 0 Å². The molecule has 1 saturated heterocycles. The number of carbonyl (C=O) groups is 2. The number of aromatic nitrogens is 1. The van der Waals surface area contributed by atoms with E-state index in [4.69, 9.17) is 9.47 Å². The van der Waals surface area contributed by atoms with Crippen LogP contribution in [0.5, 0.6) is 11.5 Å². The molecule has 0 N–H and O–H groups in total. The van der Waals surface area contributed by atoms with E-state index in [9.17, 15) is 9.59 Å². The molecule has 2 heterocycles. The number of carbonyl (C=O) groups excluding carboxylic acids is 2. The molecule has 1 amide bonds. The number of ether oxygens (including phenoxy) is 2. The molecule has 6 nitrogen and oxygen atoms in total. The average Bonchev–Trinajstić information content (AvgIpc) is 3.22. The van der Waals surface area contributed by atoms with Crippen LogP contribution in [0.2, 0.25) is 0 Å². The predicted molar refractivity (Wildman–Crippen MR) is 95.3 cm³/mol. The number of anilines is 1. The van der Waals surface area contributed by atoms with Gasteiger partial charge in [0.05, 0.1) is 18.7 Å². The van der Waals surface area contributed by atoms with Gasteiger partial charge in [-0.2, -0.15) is 0 Å². The van der Waals surface area contributed by atoms with Crippen LogP contribution in [0.15, 0.2) is 29.6 Å². The maximum atomic E-state index is 12.1. The van der Waals surface area contributed by atoms with Crippen molar-refractivity contribution in [2.75, 3.05) is 18.1 Å². The Morgan fingerprint density at radius 1 is 1.28 bits per heavy atom. The van der Waals surface area contributed by atoms with Crippen LogP contribution >= 0.6 is 11.3 Å². The Morgan fingerprint density at radius 2 is 2.04 bits per heavy atom. The zero-order valence-electron chi connectivity index (χ0n) is 14.1. The summed E-state index contributed by atoms with van der Waals surface area (Å²) in [4.78, 5) is 29.8. The van der Waals surface area contributed by atoms with Crippen molar-refractivity contribution in [1.82, 2.24) is 4.98 Å². The van der Waals surface area contributed by atoms with E-state index in [1.54, 1.807) is 34.5 Å². The number of thiazole rings is 1. The third-order valence-electron chi connectivity index (χ3n) is 3.70. The third kappa shape index (κ3) is 4.57. The molecule has 1 aromatic carbocycles. The third-order valence-corrected chi connectivity index (χ3v) is 4.61. The van der Waals surface area contributed by atoms with Gasteiger partial charge in [0.15, 0.2) is 5.13 Å². The highest BCUT2D eigenvalue weighted by atomic mass is 32.1. The summed E-state index contributed by atoms with van der Waals surface area (Å²) in [7, 11) is 0. The summed E-state index contributed by atoms with van der Waals surface area (Å²) in [6.07, 6.45) is 2.44. The Morgan fingerprint density at radius 3 is 2.72 bits per heavy atom.